The van der Waals surface area contributed by atoms with Crippen LogP contribution in [-0.4, -0.2) is 22.2 Å². The summed E-state index contributed by atoms with van der Waals surface area (Å²) < 4.78 is 14.6. The van der Waals surface area contributed by atoms with Crippen molar-refractivity contribution in [1.82, 2.24) is 15.1 Å². The van der Waals surface area contributed by atoms with Crippen molar-refractivity contribution in [3.8, 4) is 11.8 Å². The lowest BCUT2D eigenvalue weighted by atomic mass is 9.87. The summed E-state index contributed by atoms with van der Waals surface area (Å²) in [5.74, 6) is -0.289. The molecule has 0 aliphatic carbocycles. The molecule has 6 nitrogen and oxygen atoms in total. The van der Waals surface area contributed by atoms with E-state index in [0.717, 1.165) is 0 Å². The first-order valence-electron chi connectivity index (χ1n) is 10.1. The zero-order valence-corrected chi connectivity index (χ0v) is 17.9. The van der Waals surface area contributed by atoms with Crippen LogP contribution in [0, 0.1) is 17.1 Å². The van der Waals surface area contributed by atoms with Gasteiger partial charge >= 0.3 is 0 Å². The molecule has 3 rings (SSSR count). The molecule has 2 aromatic carbocycles. The van der Waals surface area contributed by atoms with Crippen molar-refractivity contribution in [1.29, 1.82) is 5.26 Å². The number of nitrogen functional groups attached to an aromatic ring is 1. The van der Waals surface area contributed by atoms with E-state index in [0.29, 0.717) is 41.9 Å². The summed E-state index contributed by atoms with van der Waals surface area (Å²) in [6, 6.07) is 15.4. The average Bonchev–Trinajstić information content (AvgIpc) is 3.06. The highest BCUT2D eigenvalue weighted by Gasteiger charge is 2.17. The molecule has 31 heavy (non-hydrogen) atoms. The number of nitriles is 1. The maximum absolute atomic E-state index is 13.2. The maximum atomic E-state index is 13.2. The van der Waals surface area contributed by atoms with E-state index in [4.69, 9.17) is 5.73 Å². The number of hydrogen-bond acceptors (Lipinski definition) is 4. The second kappa shape index (κ2) is 9.00. The number of nitrogens with zero attached hydrogens (tertiary/aromatic N) is 3. The van der Waals surface area contributed by atoms with Gasteiger partial charge in [0.2, 0.25) is 0 Å². The Morgan fingerprint density at radius 2 is 1.81 bits per heavy atom. The molecule has 7 heteroatoms. The monoisotopic (exact) mass is 419 g/mol. The second-order valence-corrected chi connectivity index (χ2v) is 8.39. The molecule has 0 bridgehead atoms. The van der Waals surface area contributed by atoms with Gasteiger partial charge in [-0.15, -0.1) is 0 Å². The molecular formula is C24H26FN5O. The van der Waals surface area contributed by atoms with Crippen LogP contribution in [0.3, 0.4) is 0 Å². The van der Waals surface area contributed by atoms with E-state index in [1.807, 2.05) is 24.3 Å². The van der Waals surface area contributed by atoms with Crippen LogP contribution in [0.15, 0.2) is 48.5 Å². The zero-order chi connectivity index (χ0) is 22.6. The lowest BCUT2D eigenvalue weighted by molar-refractivity contribution is 0.0953. The fourth-order valence-electron chi connectivity index (χ4n) is 3.24. The van der Waals surface area contributed by atoms with E-state index < -0.39 is 0 Å². The average molecular weight is 420 g/mol. The van der Waals surface area contributed by atoms with Gasteiger partial charge in [-0.05, 0) is 60.2 Å². The second-order valence-electron chi connectivity index (χ2n) is 8.39. The van der Waals surface area contributed by atoms with Crippen molar-refractivity contribution in [3.63, 3.8) is 0 Å². The molecule has 0 saturated heterocycles. The largest absolute Gasteiger partial charge is 0.382 e. The van der Waals surface area contributed by atoms with Gasteiger partial charge in [-0.2, -0.15) is 10.4 Å². The molecule has 0 unspecified atom stereocenters. The van der Waals surface area contributed by atoms with Gasteiger partial charge in [0.25, 0.3) is 5.91 Å². The summed E-state index contributed by atoms with van der Waals surface area (Å²) in [5, 5.41) is 16.8. The van der Waals surface area contributed by atoms with Crippen LogP contribution in [0.4, 0.5) is 10.2 Å². The maximum Gasteiger partial charge on any atom is 0.251 e. The van der Waals surface area contributed by atoms with Gasteiger partial charge in [0.1, 0.15) is 23.3 Å². The highest BCUT2D eigenvalue weighted by atomic mass is 19.1. The van der Waals surface area contributed by atoms with Gasteiger partial charge in [-0.3, -0.25) is 4.79 Å². The number of carbonyl (C=O) groups is 1. The summed E-state index contributed by atoms with van der Waals surface area (Å²) in [5.41, 5.74) is 9.31. The number of anilines is 1. The standard InChI is InChI=1S/C24H26FN5O/c1-24(2,3)17-8-6-16(7-9-17)23(31)28-14-4-5-21-20(15-26)22(27)30(29-21)19-12-10-18(25)11-13-19/h6-13H,4-5,14,27H2,1-3H3,(H,28,31). The van der Waals surface area contributed by atoms with Gasteiger partial charge in [-0.1, -0.05) is 32.9 Å². The van der Waals surface area contributed by atoms with Crippen LogP contribution in [0.25, 0.3) is 5.69 Å². The van der Waals surface area contributed by atoms with Crippen LogP contribution in [0.1, 0.15) is 54.4 Å². The molecule has 0 spiro atoms. The molecule has 3 N–H and O–H groups in total. The number of nitrogens with one attached hydrogen (secondary N) is 1. The fourth-order valence-corrected chi connectivity index (χ4v) is 3.24. The van der Waals surface area contributed by atoms with Gasteiger partial charge in [0.05, 0.1) is 11.4 Å². The number of carbonyl (C=O) groups excluding carboxylic acids is 1. The van der Waals surface area contributed by atoms with Gasteiger partial charge in [-0.25, -0.2) is 9.07 Å². The molecule has 1 amide bonds. The first-order chi connectivity index (χ1) is 14.7. The molecule has 0 fully saturated rings. The van der Waals surface area contributed by atoms with Crippen LogP contribution in [0.2, 0.25) is 0 Å². The predicted molar refractivity (Wildman–Crippen MR) is 118 cm³/mol. The van der Waals surface area contributed by atoms with Crippen molar-refractivity contribution in [3.05, 3.63) is 76.7 Å². The van der Waals surface area contributed by atoms with Crippen LogP contribution in [-0.2, 0) is 11.8 Å². The van der Waals surface area contributed by atoms with E-state index in [2.05, 4.69) is 37.3 Å². The predicted octanol–water partition coefficient (Wildman–Crippen LogP) is 4.13. The van der Waals surface area contributed by atoms with Crippen molar-refractivity contribution in [2.75, 3.05) is 12.3 Å². The highest BCUT2D eigenvalue weighted by Crippen LogP contribution is 2.23. The minimum Gasteiger partial charge on any atom is -0.382 e. The number of aryl methyl sites for hydroxylation is 1. The van der Waals surface area contributed by atoms with Crippen molar-refractivity contribution >= 4 is 11.7 Å². The third-order valence-electron chi connectivity index (χ3n) is 5.07. The number of benzene rings is 2. The summed E-state index contributed by atoms with van der Waals surface area (Å²) >= 11 is 0. The zero-order valence-electron chi connectivity index (χ0n) is 17.9. The van der Waals surface area contributed by atoms with Crippen LogP contribution in [0.5, 0.6) is 0 Å². The topological polar surface area (TPSA) is 96.7 Å². The minimum atomic E-state index is -0.362. The third kappa shape index (κ3) is 5.10. The minimum absolute atomic E-state index is 0.0343. The Morgan fingerprint density at radius 1 is 1.16 bits per heavy atom. The Morgan fingerprint density at radius 3 is 2.39 bits per heavy atom. The summed E-state index contributed by atoms with van der Waals surface area (Å²) in [6.45, 7) is 6.82. The van der Waals surface area contributed by atoms with Gasteiger partial charge in [0.15, 0.2) is 0 Å². The first kappa shape index (κ1) is 22.0. The van der Waals surface area contributed by atoms with E-state index in [-0.39, 0.29) is 23.0 Å². The molecule has 0 aliphatic rings. The molecule has 1 heterocycles. The summed E-state index contributed by atoms with van der Waals surface area (Å²) in [4.78, 5) is 12.4. The van der Waals surface area contributed by atoms with Gasteiger partial charge < -0.3 is 11.1 Å². The van der Waals surface area contributed by atoms with E-state index in [9.17, 15) is 14.4 Å². The van der Waals surface area contributed by atoms with Crippen molar-refractivity contribution < 1.29 is 9.18 Å². The van der Waals surface area contributed by atoms with Crippen molar-refractivity contribution in [2.24, 2.45) is 0 Å². The molecule has 160 valence electrons. The Kier molecular flexibility index (Phi) is 6.40. The molecule has 3 aromatic rings. The summed E-state index contributed by atoms with van der Waals surface area (Å²) in [6.07, 6.45) is 1.07. The molecule has 1 aromatic heterocycles. The lowest BCUT2D eigenvalue weighted by Gasteiger charge is -2.19. The summed E-state index contributed by atoms with van der Waals surface area (Å²) in [7, 11) is 0. The normalized spacial score (nSPS) is 11.2. The van der Waals surface area contributed by atoms with Crippen LogP contribution < -0.4 is 11.1 Å². The highest BCUT2D eigenvalue weighted by molar-refractivity contribution is 5.94. The Hall–Kier alpha value is -3.66. The SMILES string of the molecule is CC(C)(C)c1ccc(C(=O)NCCCc2nn(-c3ccc(F)cc3)c(N)c2C#N)cc1. The van der Waals surface area contributed by atoms with E-state index in [1.54, 1.807) is 12.1 Å². The number of halogens is 1. The Bertz CT molecular complexity index is 1100. The molecule has 0 atom stereocenters. The Balaban J connectivity index is 1.60. The van der Waals surface area contributed by atoms with E-state index >= 15 is 0 Å². The van der Waals surface area contributed by atoms with E-state index in [1.165, 1.54) is 22.4 Å². The molecule has 0 radical (unpaired) electrons. The molecule has 0 aliphatic heterocycles. The molecular weight excluding hydrogens is 393 g/mol. The fraction of sp³-hybridized carbons (Fsp3) is 0.292. The first-order valence-corrected chi connectivity index (χ1v) is 10.1. The quantitative estimate of drug-likeness (QED) is 0.587. The number of amides is 1. The number of rotatable bonds is 6. The lowest BCUT2D eigenvalue weighted by Crippen LogP contribution is -2.25. The number of hydrogen-bond donors (Lipinski definition) is 2. The van der Waals surface area contributed by atoms with Gasteiger partial charge in [0, 0.05) is 12.1 Å². The van der Waals surface area contributed by atoms with Crippen LogP contribution >= 0.6 is 0 Å². The molecule has 0 saturated carbocycles. The number of aromatic nitrogens is 2. The van der Waals surface area contributed by atoms with Crippen molar-refractivity contribution in [2.45, 2.75) is 39.0 Å². The number of nitrogens with two attached hydrogens (primary N) is 1. The smallest absolute Gasteiger partial charge is 0.251 e. The Labute approximate surface area is 181 Å². The third-order valence-corrected chi connectivity index (χ3v) is 5.07.